The van der Waals surface area contributed by atoms with Gasteiger partial charge in [0.15, 0.2) is 5.70 Å². The molecule has 0 fully saturated rings. The molecule has 0 saturated heterocycles. The molecule has 0 unspecified atom stereocenters. The fourth-order valence-corrected chi connectivity index (χ4v) is 2.62. The van der Waals surface area contributed by atoms with Gasteiger partial charge in [-0.1, -0.05) is 36.9 Å². The van der Waals surface area contributed by atoms with E-state index in [1.807, 2.05) is 48.5 Å². The number of hydrogen-bond acceptors (Lipinski definition) is 4. The molecule has 5 heteroatoms. The summed E-state index contributed by atoms with van der Waals surface area (Å²) in [6, 6.07) is 14.8. The molecule has 24 heavy (non-hydrogen) atoms. The molecular weight excluding hydrogens is 370 g/mol. The van der Waals surface area contributed by atoms with Crippen LogP contribution in [0.3, 0.4) is 0 Å². The molecule has 0 aliphatic carbocycles. The van der Waals surface area contributed by atoms with E-state index in [1.54, 1.807) is 12.2 Å². The second-order valence-electron chi connectivity index (χ2n) is 4.99. The van der Waals surface area contributed by atoms with Crippen LogP contribution in [0.4, 0.5) is 0 Å². The SMILES string of the molecule is C=CCOc1cccc(C=C2N=C(c3ccccc3Br)OC2=O)c1. The van der Waals surface area contributed by atoms with Crippen molar-refractivity contribution >= 4 is 33.9 Å². The second kappa shape index (κ2) is 7.27. The smallest absolute Gasteiger partial charge is 0.363 e. The molecule has 0 N–H and O–H groups in total. The molecule has 0 radical (unpaired) electrons. The molecule has 2 aromatic carbocycles. The number of carbonyl (C=O) groups excluding carboxylic acids is 1. The molecular formula is C19H14BrNO3. The summed E-state index contributed by atoms with van der Waals surface area (Å²) < 4.78 is 11.6. The van der Waals surface area contributed by atoms with Crippen molar-refractivity contribution < 1.29 is 14.3 Å². The van der Waals surface area contributed by atoms with E-state index in [-0.39, 0.29) is 11.6 Å². The van der Waals surface area contributed by atoms with Crippen LogP contribution in [0, 0.1) is 0 Å². The normalized spacial score (nSPS) is 15.1. The molecule has 0 spiro atoms. The number of nitrogens with zero attached hydrogens (tertiary/aromatic N) is 1. The Balaban J connectivity index is 1.89. The maximum absolute atomic E-state index is 12.1. The quantitative estimate of drug-likeness (QED) is 0.437. The predicted molar refractivity (Wildman–Crippen MR) is 96.9 cm³/mol. The molecule has 4 nitrogen and oxygen atoms in total. The van der Waals surface area contributed by atoms with Crippen LogP contribution in [0.25, 0.3) is 6.08 Å². The zero-order valence-electron chi connectivity index (χ0n) is 12.7. The van der Waals surface area contributed by atoms with Gasteiger partial charge >= 0.3 is 5.97 Å². The molecule has 3 rings (SSSR count). The number of rotatable bonds is 5. The Morgan fingerprint density at radius 2 is 2.04 bits per heavy atom. The maximum atomic E-state index is 12.1. The Kier molecular flexibility index (Phi) is 4.91. The van der Waals surface area contributed by atoms with Crippen LogP contribution in [0.1, 0.15) is 11.1 Å². The lowest BCUT2D eigenvalue weighted by molar-refractivity contribution is -0.129. The molecule has 1 aliphatic rings. The Morgan fingerprint density at radius 1 is 1.21 bits per heavy atom. The third kappa shape index (κ3) is 3.63. The van der Waals surface area contributed by atoms with Gasteiger partial charge in [0.1, 0.15) is 12.4 Å². The highest BCUT2D eigenvalue weighted by Gasteiger charge is 2.25. The zero-order valence-corrected chi connectivity index (χ0v) is 14.3. The molecule has 1 aliphatic heterocycles. The molecule has 0 bridgehead atoms. The maximum Gasteiger partial charge on any atom is 0.363 e. The standard InChI is InChI=1S/C19H14BrNO3/c1-2-10-23-14-7-5-6-13(11-14)12-17-19(22)24-18(21-17)15-8-3-4-9-16(15)20/h2-9,11-12H,1,10H2. The van der Waals surface area contributed by atoms with Gasteiger partial charge in [0, 0.05) is 4.47 Å². The number of cyclic esters (lactones) is 1. The van der Waals surface area contributed by atoms with Crippen LogP contribution < -0.4 is 4.74 Å². The van der Waals surface area contributed by atoms with Crippen molar-refractivity contribution in [2.45, 2.75) is 0 Å². The highest BCUT2D eigenvalue weighted by Crippen LogP contribution is 2.24. The van der Waals surface area contributed by atoms with E-state index in [4.69, 9.17) is 9.47 Å². The van der Waals surface area contributed by atoms with Gasteiger partial charge in [-0.05, 0) is 51.8 Å². The first-order valence-corrected chi connectivity index (χ1v) is 8.08. The predicted octanol–water partition coefficient (Wildman–Crippen LogP) is 4.36. The van der Waals surface area contributed by atoms with Crippen LogP contribution in [0.15, 0.2) is 76.3 Å². The number of hydrogen-bond donors (Lipinski definition) is 0. The Hall–Kier alpha value is -2.66. The average molecular weight is 384 g/mol. The van der Waals surface area contributed by atoms with E-state index in [2.05, 4.69) is 27.5 Å². The van der Waals surface area contributed by atoms with Crippen molar-refractivity contribution in [3.05, 3.63) is 82.5 Å². The summed E-state index contributed by atoms with van der Waals surface area (Å²) in [5, 5.41) is 0. The Bertz CT molecular complexity index is 855. The highest BCUT2D eigenvalue weighted by atomic mass is 79.9. The van der Waals surface area contributed by atoms with Gasteiger partial charge in [-0.25, -0.2) is 9.79 Å². The minimum absolute atomic E-state index is 0.252. The highest BCUT2D eigenvalue weighted by molar-refractivity contribution is 9.10. The summed E-state index contributed by atoms with van der Waals surface area (Å²) in [7, 11) is 0. The first-order valence-electron chi connectivity index (χ1n) is 7.28. The summed E-state index contributed by atoms with van der Waals surface area (Å²) in [6.45, 7) is 4.04. The van der Waals surface area contributed by atoms with Crippen LogP contribution in [-0.2, 0) is 9.53 Å². The van der Waals surface area contributed by atoms with Gasteiger partial charge in [0.05, 0.1) is 5.56 Å². The van der Waals surface area contributed by atoms with Gasteiger partial charge < -0.3 is 9.47 Å². The van der Waals surface area contributed by atoms with Crippen molar-refractivity contribution in [2.75, 3.05) is 6.61 Å². The monoisotopic (exact) mass is 383 g/mol. The largest absolute Gasteiger partial charge is 0.490 e. The Morgan fingerprint density at radius 3 is 2.83 bits per heavy atom. The van der Waals surface area contributed by atoms with Crippen molar-refractivity contribution in [3.63, 3.8) is 0 Å². The number of carbonyl (C=O) groups is 1. The lowest BCUT2D eigenvalue weighted by atomic mass is 10.2. The fourth-order valence-electron chi connectivity index (χ4n) is 2.17. The van der Waals surface area contributed by atoms with E-state index < -0.39 is 5.97 Å². The van der Waals surface area contributed by atoms with E-state index in [1.165, 1.54) is 0 Å². The first-order chi connectivity index (χ1) is 11.7. The molecule has 1 heterocycles. The van der Waals surface area contributed by atoms with Crippen LogP contribution in [0.2, 0.25) is 0 Å². The third-order valence-corrected chi connectivity index (χ3v) is 3.95. The molecule has 120 valence electrons. The topological polar surface area (TPSA) is 47.9 Å². The van der Waals surface area contributed by atoms with E-state index >= 15 is 0 Å². The van der Waals surface area contributed by atoms with Crippen molar-refractivity contribution in [1.82, 2.24) is 0 Å². The average Bonchev–Trinajstić information content (AvgIpc) is 2.94. The molecule has 0 aromatic heterocycles. The third-order valence-electron chi connectivity index (χ3n) is 3.25. The summed E-state index contributed by atoms with van der Waals surface area (Å²) in [5.41, 5.74) is 1.79. The summed E-state index contributed by atoms with van der Waals surface area (Å²) in [4.78, 5) is 16.4. The number of aliphatic imine (C=N–C) groups is 1. The lowest BCUT2D eigenvalue weighted by Gasteiger charge is -2.03. The van der Waals surface area contributed by atoms with Crippen LogP contribution >= 0.6 is 15.9 Å². The molecule has 0 atom stereocenters. The van der Waals surface area contributed by atoms with Gasteiger partial charge in [-0.2, -0.15) is 0 Å². The number of halogens is 1. The minimum Gasteiger partial charge on any atom is -0.490 e. The second-order valence-corrected chi connectivity index (χ2v) is 5.84. The van der Waals surface area contributed by atoms with Gasteiger partial charge in [-0.3, -0.25) is 0 Å². The number of ether oxygens (including phenoxy) is 2. The van der Waals surface area contributed by atoms with Gasteiger partial charge in [0.25, 0.3) is 0 Å². The van der Waals surface area contributed by atoms with Crippen LogP contribution in [-0.4, -0.2) is 18.5 Å². The zero-order chi connectivity index (χ0) is 16.9. The Labute approximate surface area is 148 Å². The van der Waals surface area contributed by atoms with E-state index in [0.717, 1.165) is 15.6 Å². The van der Waals surface area contributed by atoms with Crippen molar-refractivity contribution in [1.29, 1.82) is 0 Å². The fraction of sp³-hybridized carbons (Fsp3) is 0.0526. The van der Waals surface area contributed by atoms with Gasteiger partial charge in [0.2, 0.25) is 5.90 Å². The van der Waals surface area contributed by atoms with Crippen molar-refractivity contribution in [3.8, 4) is 5.75 Å². The molecule has 2 aromatic rings. The van der Waals surface area contributed by atoms with E-state index in [9.17, 15) is 4.79 Å². The molecule has 0 saturated carbocycles. The number of benzene rings is 2. The summed E-state index contributed by atoms with van der Waals surface area (Å²) >= 11 is 3.43. The van der Waals surface area contributed by atoms with Crippen molar-refractivity contribution in [2.24, 2.45) is 4.99 Å². The minimum atomic E-state index is -0.474. The van der Waals surface area contributed by atoms with Gasteiger partial charge in [-0.15, -0.1) is 0 Å². The summed E-state index contributed by atoms with van der Waals surface area (Å²) in [6.07, 6.45) is 3.35. The first kappa shape index (κ1) is 16.2. The van der Waals surface area contributed by atoms with Crippen LogP contribution in [0.5, 0.6) is 5.75 Å². The van der Waals surface area contributed by atoms with E-state index in [0.29, 0.717) is 12.4 Å². The summed E-state index contributed by atoms with van der Waals surface area (Å²) in [5.74, 6) is 0.515. The lowest BCUT2D eigenvalue weighted by Crippen LogP contribution is -2.05. The number of esters is 1. The molecule has 0 amide bonds.